The average molecular weight is 1400 g/mol. The van der Waals surface area contributed by atoms with Gasteiger partial charge in [-0.3, -0.25) is 37.3 Å². The van der Waals surface area contributed by atoms with Gasteiger partial charge in [-0.15, -0.1) is 0 Å². The first kappa shape index (κ1) is 93.1. The van der Waals surface area contributed by atoms with E-state index in [-0.39, 0.29) is 25.7 Å². The van der Waals surface area contributed by atoms with Gasteiger partial charge in [0.1, 0.15) is 19.3 Å². The number of ether oxygens (including phenoxy) is 4. The van der Waals surface area contributed by atoms with Gasteiger partial charge in [-0.1, -0.05) is 331 Å². The molecule has 0 fully saturated rings. The zero-order valence-electron chi connectivity index (χ0n) is 62.3. The number of carbonyl (C=O) groups excluding carboxylic acids is 4. The van der Waals surface area contributed by atoms with Crippen LogP contribution in [0.15, 0.2) is 0 Å². The number of aliphatic hydroxyl groups excluding tert-OH is 1. The molecular formula is C76H148O17P2. The van der Waals surface area contributed by atoms with E-state index in [1.807, 2.05) is 0 Å². The van der Waals surface area contributed by atoms with Crippen molar-refractivity contribution in [2.45, 2.75) is 401 Å². The third-order valence-corrected chi connectivity index (χ3v) is 19.8. The molecule has 0 saturated heterocycles. The Balaban J connectivity index is 5.21. The molecule has 564 valence electrons. The van der Waals surface area contributed by atoms with E-state index in [4.69, 9.17) is 37.0 Å². The summed E-state index contributed by atoms with van der Waals surface area (Å²) in [7, 11) is -9.91. The van der Waals surface area contributed by atoms with Gasteiger partial charge in [0.15, 0.2) is 12.2 Å². The first-order valence-corrected chi connectivity index (χ1v) is 42.2. The van der Waals surface area contributed by atoms with Crippen LogP contribution in [0.25, 0.3) is 0 Å². The third-order valence-electron chi connectivity index (χ3n) is 17.9. The lowest BCUT2D eigenvalue weighted by Crippen LogP contribution is -2.30. The Morgan fingerprint density at radius 2 is 0.505 bits per heavy atom. The molecular weight excluding hydrogens is 1250 g/mol. The Kier molecular flexibility index (Phi) is 64.0. The van der Waals surface area contributed by atoms with Gasteiger partial charge in [0.2, 0.25) is 0 Å². The van der Waals surface area contributed by atoms with Gasteiger partial charge in [0.05, 0.1) is 26.4 Å². The van der Waals surface area contributed by atoms with E-state index in [1.165, 1.54) is 173 Å². The maximum absolute atomic E-state index is 13.1. The highest BCUT2D eigenvalue weighted by molar-refractivity contribution is 7.47. The van der Waals surface area contributed by atoms with Crippen molar-refractivity contribution in [2.24, 2.45) is 23.7 Å². The van der Waals surface area contributed by atoms with Crippen molar-refractivity contribution in [3.63, 3.8) is 0 Å². The van der Waals surface area contributed by atoms with Crippen LogP contribution in [-0.4, -0.2) is 96.7 Å². The number of carbonyl (C=O) groups is 4. The van der Waals surface area contributed by atoms with Crippen LogP contribution in [0.2, 0.25) is 0 Å². The highest BCUT2D eigenvalue weighted by Crippen LogP contribution is 2.45. The van der Waals surface area contributed by atoms with Crippen LogP contribution < -0.4 is 0 Å². The minimum atomic E-state index is -4.96. The number of phosphoric ester groups is 2. The van der Waals surface area contributed by atoms with Crippen molar-refractivity contribution in [2.75, 3.05) is 39.6 Å². The fraction of sp³-hybridized carbons (Fsp3) is 0.947. The van der Waals surface area contributed by atoms with Gasteiger partial charge in [-0.05, 0) is 49.4 Å². The van der Waals surface area contributed by atoms with Gasteiger partial charge in [0.25, 0.3) is 0 Å². The molecule has 0 bridgehead atoms. The summed E-state index contributed by atoms with van der Waals surface area (Å²) in [5, 5.41) is 10.6. The van der Waals surface area contributed by atoms with Crippen molar-refractivity contribution < 1.29 is 80.2 Å². The van der Waals surface area contributed by atoms with Crippen molar-refractivity contribution in [1.82, 2.24) is 0 Å². The minimum Gasteiger partial charge on any atom is -0.462 e. The summed E-state index contributed by atoms with van der Waals surface area (Å²) in [6.45, 7) is 14.2. The molecule has 17 nitrogen and oxygen atoms in total. The molecule has 0 aliphatic rings. The molecule has 0 aromatic rings. The lowest BCUT2D eigenvalue weighted by molar-refractivity contribution is -0.161. The van der Waals surface area contributed by atoms with E-state index in [9.17, 15) is 43.2 Å². The van der Waals surface area contributed by atoms with Gasteiger partial charge in [-0.25, -0.2) is 9.13 Å². The third kappa shape index (κ3) is 69.0. The Labute approximate surface area is 581 Å². The molecule has 0 radical (unpaired) electrons. The second-order valence-corrected chi connectivity index (χ2v) is 32.0. The van der Waals surface area contributed by atoms with Gasteiger partial charge in [0, 0.05) is 25.7 Å². The average Bonchev–Trinajstić information content (AvgIpc) is 1.88. The highest BCUT2D eigenvalue weighted by Gasteiger charge is 2.30. The molecule has 0 heterocycles. The van der Waals surface area contributed by atoms with Gasteiger partial charge >= 0.3 is 39.5 Å². The summed E-state index contributed by atoms with van der Waals surface area (Å²) in [6.07, 6.45) is 50.1. The highest BCUT2D eigenvalue weighted by atomic mass is 31.2. The smallest absolute Gasteiger partial charge is 0.462 e. The molecule has 0 amide bonds. The van der Waals surface area contributed by atoms with E-state index in [0.717, 1.165) is 115 Å². The molecule has 0 spiro atoms. The van der Waals surface area contributed by atoms with E-state index < -0.39 is 97.5 Å². The molecule has 0 rings (SSSR count). The van der Waals surface area contributed by atoms with Crippen LogP contribution in [-0.2, 0) is 65.4 Å². The Morgan fingerprint density at radius 1 is 0.295 bits per heavy atom. The maximum Gasteiger partial charge on any atom is 0.472 e. The summed E-state index contributed by atoms with van der Waals surface area (Å²) < 4.78 is 68.5. The van der Waals surface area contributed by atoms with Crippen LogP contribution in [0.4, 0.5) is 0 Å². The summed E-state index contributed by atoms with van der Waals surface area (Å²) in [4.78, 5) is 72.8. The normalized spacial score (nSPS) is 14.4. The Morgan fingerprint density at radius 3 is 0.747 bits per heavy atom. The summed E-state index contributed by atoms with van der Waals surface area (Å²) in [6, 6.07) is 0. The van der Waals surface area contributed by atoms with Crippen LogP contribution >= 0.6 is 15.6 Å². The zero-order chi connectivity index (χ0) is 70.3. The van der Waals surface area contributed by atoms with Crippen molar-refractivity contribution in [3.05, 3.63) is 0 Å². The SMILES string of the molecule is CCC(C)CCCCCCCCCCCCCCCCC(=O)O[C@H](COC(=O)CCCCCCCCCC(C)C)COP(=O)(O)OCC(O)COP(=O)(O)OC[C@@H](COC(=O)CCCCCCCCCC(C)C)OC(=O)CCCCCCCCCCCCCCCCC(C)C. The number of hydrogen-bond donors (Lipinski definition) is 3. The van der Waals surface area contributed by atoms with Crippen LogP contribution in [0, 0.1) is 23.7 Å². The molecule has 6 atom stereocenters. The quantitative estimate of drug-likeness (QED) is 0.0222. The van der Waals surface area contributed by atoms with Crippen LogP contribution in [0.3, 0.4) is 0 Å². The second kappa shape index (κ2) is 65.4. The predicted octanol–water partition coefficient (Wildman–Crippen LogP) is 22.0. The van der Waals surface area contributed by atoms with E-state index in [2.05, 4.69) is 55.4 Å². The molecule has 19 heteroatoms. The molecule has 0 aliphatic carbocycles. The zero-order valence-corrected chi connectivity index (χ0v) is 64.1. The van der Waals surface area contributed by atoms with E-state index in [1.54, 1.807) is 0 Å². The van der Waals surface area contributed by atoms with Gasteiger partial charge in [-0.2, -0.15) is 0 Å². The first-order chi connectivity index (χ1) is 45.6. The Hall–Kier alpha value is -1.94. The minimum absolute atomic E-state index is 0.106. The summed E-state index contributed by atoms with van der Waals surface area (Å²) >= 11 is 0. The van der Waals surface area contributed by atoms with Crippen molar-refractivity contribution >= 4 is 39.5 Å². The van der Waals surface area contributed by atoms with Crippen LogP contribution in [0.5, 0.6) is 0 Å². The summed E-state index contributed by atoms with van der Waals surface area (Å²) in [5.41, 5.74) is 0. The fourth-order valence-corrected chi connectivity index (χ4v) is 13.1. The van der Waals surface area contributed by atoms with Crippen molar-refractivity contribution in [3.8, 4) is 0 Å². The molecule has 0 saturated carbocycles. The predicted molar refractivity (Wildman–Crippen MR) is 386 cm³/mol. The molecule has 95 heavy (non-hydrogen) atoms. The number of unbranched alkanes of at least 4 members (excludes halogenated alkanes) is 38. The maximum atomic E-state index is 13.1. The topological polar surface area (TPSA) is 237 Å². The number of phosphoric acid groups is 2. The largest absolute Gasteiger partial charge is 0.472 e. The van der Waals surface area contributed by atoms with Gasteiger partial charge < -0.3 is 33.8 Å². The van der Waals surface area contributed by atoms with Crippen molar-refractivity contribution in [1.29, 1.82) is 0 Å². The number of rotatable bonds is 73. The molecule has 0 aliphatic heterocycles. The fourth-order valence-electron chi connectivity index (χ4n) is 11.5. The number of esters is 4. The molecule has 0 aromatic heterocycles. The number of aliphatic hydroxyl groups is 1. The van der Waals surface area contributed by atoms with E-state index >= 15 is 0 Å². The Bertz CT molecular complexity index is 1870. The lowest BCUT2D eigenvalue weighted by atomic mass is 9.99. The first-order valence-electron chi connectivity index (χ1n) is 39.2. The molecule has 3 N–H and O–H groups in total. The monoisotopic (exact) mass is 1400 g/mol. The molecule has 0 aromatic carbocycles. The standard InChI is InChI=1S/C76H148O17P2/c1-9-69(8)55-47-39-31-23-19-15-11-13-17-21-25-33-43-51-59-76(81)93-72(63-87-74(79)57-49-41-35-27-30-38-46-54-68(6)7)65-91-95(84,85)89-61-70(77)60-88-94(82,83)90-64-71(62-86-73(78)56-48-40-34-26-29-37-45-53-67(4)5)92-75(80)58-50-42-32-24-20-16-12-10-14-18-22-28-36-44-52-66(2)3/h66-72,77H,9-65H2,1-8H3,(H,82,83)(H,84,85)/t69?,70?,71-,72-/m1/s1. The molecule has 4 unspecified atom stereocenters. The lowest BCUT2D eigenvalue weighted by Gasteiger charge is -2.21. The summed E-state index contributed by atoms with van der Waals surface area (Å²) in [5.74, 6) is 0.928. The second-order valence-electron chi connectivity index (χ2n) is 29.1. The van der Waals surface area contributed by atoms with E-state index in [0.29, 0.717) is 37.5 Å². The van der Waals surface area contributed by atoms with Crippen LogP contribution in [0.1, 0.15) is 383 Å². The number of hydrogen-bond acceptors (Lipinski definition) is 15.